The van der Waals surface area contributed by atoms with Crippen LogP contribution in [0.4, 0.5) is 13.2 Å². The van der Waals surface area contributed by atoms with Gasteiger partial charge in [-0.3, -0.25) is 4.99 Å². The normalized spacial score (nSPS) is 13.1. The van der Waals surface area contributed by atoms with Gasteiger partial charge in [-0.25, -0.2) is 4.79 Å². The van der Waals surface area contributed by atoms with Crippen LogP contribution in [0.15, 0.2) is 34.8 Å². The average molecular weight is 388 g/mol. The molecule has 3 N–H and O–H groups in total. The Bertz CT molecular complexity index is 629. The van der Waals surface area contributed by atoms with Crippen LogP contribution in [0.25, 0.3) is 6.08 Å². The molecule has 0 fully saturated rings. The summed E-state index contributed by atoms with van der Waals surface area (Å²) in [4.78, 5) is 15.2. The van der Waals surface area contributed by atoms with Crippen LogP contribution < -0.4 is 10.5 Å². The van der Waals surface area contributed by atoms with Gasteiger partial charge in [0.05, 0.1) is 0 Å². The van der Waals surface area contributed by atoms with E-state index in [2.05, 4.69) is 9.73 Å². The molecule has 0 aromatic heterocycles. The summed E-state index contributed by atoms with van der Waals surface area (Å²) in [6.45, 7) is 6.15. The number of nitrogens with two attached hydrogens (primary N) is 1. The molecular formula is C19H27F3N2O3. The number of carbonyl (C=O) groups is 1. The van der Waals surface area contributed by atoms with Crippen molar-refractivity contribution in [2.45, 2.75) is 52.4 Å². The molecule has 0 heterocycles. The van der Waals surface area contributed by atoms with Crippen LogP contribution in [0.3, 0.4) is 0 Å². The maximum absolute atomic E-state index is 12.5. The molecule has 0 aliphatic carbocycles. The number of hydrogen-bond acceptors (Lipinski definition) is 4. The average Bonchev–Trinajstić information content (AvgIpc) is 2.62. The van der Waals surface area contributed by atoms with Gasteiger partial charge in [0.2, 0.25) is 0 Å². The minimum absolute atomic E-state index is 0.233. The third-order valence-corrected chi connectivity index (χ3v) is 3.28. The zero-order chi connectivity index (χ0) is 20.9. The van der Waals surface area contributed by atoms with E-state index in [9.17, 15) is 18.0 Å². The van der Waals surface area contributed by atoms with Gasteiger partial charge in [-0.05, 0) is 43.5 Å². The number of hydrogen-bond donors (Lipinski definition) is 2. The summed E-state index contributed by atoms with van der Waals surface area (Å²) in [5, 5.41) is 9.13. The van der Waals surface area contributed by atoms with Gasteiger partial charge in [-0.2, -0.15) is 0 Å². The van der Waals surface area contributed by atoms with E-state index in [4.69, 9.17) is 10.8 Å². The van der Waals surface area contributed by atoms with Crippen molar-refractivity contribution in [3.05, 3.63) is 35.4 Å². The van der Waals surface area contributed by atoms with Crippen molar-refractivity contribution in [1.82, 2.24) is 0 Å². The second-order valence-corrected chi connectivity index (χ2v) is 5.22. The number of carboxylic acids is 1. The Morgan fingerprint density at radius 1 is 1.33 bits per heavy atom. The van der Waals surface area contributed by atoms with Gasteiger partial charge in [0.15, 0.2) is 0 Å². The Morgan fingerprint density at radius 2 is 1.96 bits per heavy atom. The molecule has 5 nitrogen and oxygen atoms in total. The molecule has 1 aromatic carbocycles. The van der Waals surface area contributed by atoms with E-state index >= 15 is 0 Å². The SMILES string of the molecule is CC.CC/C(C=NC(CCCN)C(=O)O)=C\c1ccccc1OC(F)(F)F. The van der Waals surface area contributed by atoms with E-state index in [1.807, 2.05) is 13.8 Å². The molecule has 8 heteroatoms. The van der Waals surface area contributed by atoms with Crippen LogP contribution in [0.5, 0.6) is 5.75 Å². The van der Waals surface area contributed by atoms with Crippen molar-refractivity contribution in [1.29, 1.82) is 0 Å². The fourth-order valence-corrected chi connectivity index (χ4v) is 2.01. The Labute approximate surface area is 157 Å². The fourth-order valence-electron chi connectivity index (χ4n) is 2.01. The van der Waals surface area contributed by atoms with Crippen molar-refractivity contribution in [2.75, 3.05) is 6.54 Å². The summed E-state index contributed by atoms with van der Waals surface area (Å²) >= 11 is 0. The zero-order valence-corrected chi connectivity index (χ0v) is 15.8. The van der Waals surface area contributed by atoms with Gasteiger partial charge in [0.1, 0.15) is 11.8 Å². The minimum Gasteiger partial charge on any atom is -0.480 e. The first-order valence-electron chi connectivity index (χ1n) is 8.78. The van der Waals surface area contributed by atoms with E-state index in [1.54, 1.807) is 13.0 Å². The van der Waals surface area contributed by atoms with Crippen molar-refractivity contribution in [2.24, 2.45) is 10.7 Å². The molecule has 0 radical (unpaired) electrons. The van der Waals surface area contributed by atoms with Gasteiger partial charge in [0, 0.05) is 11.8 Å². The highest BCUT2D eigenvalue weighted by atomic mass is 19.4. The topological polar surface area (TPSA) is 84.9 Å². The molecule has 0 amide bonds. The van der Waals surface area contributed by atoms with Gasteiger partial charge < -0.3 is 15.6 Å². The minimum atomic E-state index is -4.79. The molecule has 0 saturated heterocycles. The number of aliphatic carboxylic acids is 1. The van der Waals surface area contributed by atoms with Gasteiger partial charge in [0.25, 0.3) is 0 Å². The molecule has 0 spiro atoms. The van der Waals surface area contributed by atoms with Crippen LogP contribution in [0.1, 0.15) is 45.6 Å². The molecular weight excluding hydrogens is 361 g/mol. The number of alkyl halides is 3. The number of allylic oxidation sites excluding steroid dienone is 1. The van der Waals surface area contributed by atoms with E-state index in [0.29, 0.717) is 31.4 Å². The number of halogens is 3. The van der Waals surface area contributed by atoms with E-state index in [-0.39, 0.29) is 11.3 Å². The lowest BCUT2D eigenvalue weighted by Gasteiger charge is -2.12. The maximum Gasteiger partial charge on any atom is 0.573 e. The molecule has 0 saturated carbocycles. The van der Waals surface area contributed by atoms with Crippen molar-refractivity contribution in [3.63, 3.8) is 0 Å². The summed E-state index contributed by atoms with van der Waals surface area (Å²) in [7, 11) is 0. The maximum atomic E-state index is 12.5. The second-order valence-electron chi connectivity index (χ2n) is 5.22. The molecule has 27 heavy (non-hydrogen) atoms. The standard InChI is InChI=1S/C17H21F3N2O3.C2H6/c1-2-12(11-22-14(16(23)24)7-5-9-21)10-13-6-3-4-8-15(13)25-17(18,19)20;1-2/h3-4,6,8,10-11,14H,2,5,7,9,21H2,1H3,(H,23,24);1-2H3/b12-10+,22-11?;. The molecule has 152 valence electrons. The first kappa shape index (κ1) is 24.7. The Kier molecular flexibility index (Phi) is 11.8. The summed E-state index contributed by atoms with van der Waals surface area (Å²) < 4.78 is 41.4. The number of nitrogens with zero attached hydrogens (tertiary/aromatic N) is 1. The van der Waals surface area contributed by atoms with Gasteiger partial charge in [-0.15, -0.1) is 13.2 Å². The Hall–Kier alpha value is -2.35. The lowest BCUT2D eigenvalue weighted by Crippen LogP contribution is -2.19. The summed E-state index contributed by atoms with van der Waals surface area (Å²) in [6.07, 6.45) is -0.644. The number of aliphatic imine (C=N–C) groups is 1. The summed E-state index contributed by atoms with van der Waals surface area (Å²) in [6, 6.07) is 4.78. The number of benzene rings is 1. The third kappa shape index (κ3) is 10.4. The van der Waals surface area contributed by atoms with Gasteiger partial charge in [-0.1, -0.05) is 39.0 Å². The fraction of sp³-hybridized carbons (Fsp3) is 0.474. The molecule has 0 aliphatic rings. The van der Waals surface area contributed by atoms with Gasteiger partial charge >= 0.3 is 12.3 Å². The predicted octanol–water partition coefficient (Wildman–Crippen LogP) is 4.67. The first-order chi connectivity index (χ1) is 12.8. The summed E-state index contributed by atoms with van der Waals surface area (Å²) in [5.74, 6) is -1.40. The first-order valence-corrected chi connectivity index (χ1v) is 8.78. The summed E-state index contributed by atoms with van der Waals surface area (Å²) in [5.41, 5.74) is 6.18. The highest BCUT2D eigenvalue weighted by molar-refractivity contribution is 5.88. The van der Waals surface area contributed by atoms with Crippen LogP contribution >= 0.6 is 0 Å². The van der Waals surface area contributed by atoms with E-state index in [0.717, 1.165) is 0 Å². The van der Waals surface area contributed by atoms with Crippen LogP contribution in [0.2, 0.25) is 0 Å². The third-order valence-electron chi connectivity index (χ3n) is 3.28. The lowest BCUT2D eigenvalue weighted by atomic mass is 10.1. The molecule has 1 unspecified atom stereocenters. The lowest BCUT2D eigenvalue weighted by molar-refractivity contribution is -0.274. The monoisotopic (exact) mass is 388 g/mol. The van der Waals surface area contributed by atoms with Crippen LogP contribution in [0, 0.1) is 0 Å². The number of ether oxygens (including phenoxy) is 1. The quantitative estimate of drug-likeness (QED) is 0.602. The molecule has 0 aliphatic heterocycles. The molecule has 1 aromatic rings. The van der Waals surface area contributed by atoms with Crippen LogP contribution in [-0.2, 0) is 4.79 Å². The van der Waals surface area contributed by atoms with Crippen molar-refractivity contribution in [3.8, 4) is 5.75 Å². The van der Waals surface area contributed by atoms with Crippen molar-refractivity contribution < 1.29 is 27.8 Å². The number of carboxylic acid groups (broad SMARTS) is 1. The predicted molar refractivity (Wildman–Crippen MR) is 101 cm³/mol. The van der Waals surface area contributed by atoms with E-state index < -0.39 is 18.4 Å². The Balaban J connectivity index is 0.00000326. The van der Waals surface area contributed by atoms with E-state index in [1.165, 1.54) is 30.5 Å². The van der Waals surface area contributed by atoms with Crippen molar-refractivity contribution >= 4 is 18.3 Å². The molecule has 0 bridgehead atoms. The number of rotatable bonds is 9. The van der Waals surface area contributed by atoms with Crippen LogP contribution in [-0.4, -0.2) is 36.2 Å². The largest absolute Gasteiger partial charge is 0.573 e. The Morgan fingerprint density at radius 3 is 2.48 bits per heavy atom. The molecule has 1 atom stereocenters. The molecule has 1 rings (SSSR count). The smallest absolute Gasteiger partial charge is 0.480 e. The number of para-hydroxylation sites is 1. The highest BCUT2D eigenvalue weighted by Gasteiger charge is 2.31. The second kappa shape index (κ2) is 12.9. The highest BCUT2D eigenvalue weighted by Crippen LogP contribution is 2.28. The zero-order valence-electron chi connectivity index (χ0n) is 15.8.